The molecule has 0 aliphatic heterocycles. The average molecular weight is 411 g/mol. The number of nitrogens with one attached hydrogen (secondary N) is 1. The number of anilines is 1. The van der Waals surface area contributed by atoms with E-state index < -0.39 is 0 Å². The molecule has 0 atom stereocenters. The maximum Gasteiger partial charge on any atom is 0.257 e. The van der Waals surface area contributed by atoms with Gasteiger partial charge in [0.2, 0.25) is 5.89 Å². The second kappa shape index (κ2) is 7.66. The van der Waals surface area contributed by atoms with Crippen molar-refractivity contribution >= 4 is 45.9 Å². The number of benzene rings is 3. The number of fused-ring (bicyclic) bond motifs is 1. The molecule has 0 saturated carbocycles. The Morgan fingerprint density at radius 3 is 2.71 bits per heavy atom. The van der Waals surface area contributed by atoms with E-state index in [1.165, 1.54) is 5.56 Å². The third kappa shape index (κ3) is 3.61. The molecule has 1 N–H and O–H groups in total. The fraction of sp³-hybridized carbons (Fsp3) is 0.0909. The summed E-state index contributed by atoms with van der Waals surface area (Å²) in [5, 5.41) is 3.40. The van der Waals surface area contributed by atoms with E-state index in [0.29, 0.717) is 22.2 Å². The molecule has 6 heteroatoms. The van der Waals surface area contributed by atoms with Crippen LogP contribution in [0, 0.1) is 0 Å². The molecule has 140 valence electrons. The van der Waals surface area contributed by atoms with Crippen molar-refractivity contribution in [2.24, 2.45) is 0 Å². The van der Waals surface area contributed by atoms with Gasteiger partial charge in [-0.2, -0.15) is 0 Å². The van der Waals surface area contributed by atoms with Gasteiger partial charge in [-0.25, -0.2) is 4.98 Å². The van der Waals surface area contributed by atoms with E-state index in [9.17, 15) is 4.79 Å². The van der Waals surface area contributed by atoms with Gasteiger partial charge >= 0.3 is 0 Å². The van der Waals surface area contributed by atoms with Gasteiger partial charge in [-0.1, -0.05) is 48.3 Å². The Morgan fingerprint density at radius 1 is 1.07 bits per heavy atom. The Morgan fingerprint density at radius 2 is 1.89 bits per heavy atom. The van der Waals surface area contributed by atoms with Crippen LogP contribution in [-0.2, 0) is 6.42 Å². The molecule has 1 amide bonds. The van der Waals surface area contributed by atoms with Crippen molar-refractivity contribution < 1.29 is 9.21 Å². The fourth-order valence-corrected chi connectivity index (χ4v) is 3.31. The zero-order chi connectivity index (χ0) is 19.7. The van der Waals surface area contributed by atoms with Crippen LogP contribution in [0.3, 0.4) is 0 Å². The highest BCUT2D eigenvalue weighted by Crippen LogP contribution is 2.29. The number of halogens is 2. The number of carbonyl (C=O) groups is 1. The third-order valence-corrected chi connectivity index (χ3v) is 5.24. The Labute approximate surface area is 172 Å². The molecule has 3 aromatic carbocycles. The summed E-state index contributed by atoms with van der Waals surface area (Å²) < 4.78 is 5.87. The van der Waals surface area contributed by atoms with Crippen LogP contribution < -0.4 is 5.32 Å². The lowest BCUT2D eigenvalue weighted by Crippen LogP contribution is -2.12. The standard InChI is InChI=1S/C22H16Cl2N2O2/c1-2-13-9-10-19-18(11-13)26-22(28-19)14-5-3-6-15(12-14)25-21(27)16-7-4-8-17(23)20(16)24/h3-12H,2H2,1H3,(H,25,27). The molecular weight excluding hydrogens is 395 g/mol. The molecule has 1 aromatic heterocycles. The molecule has 1 heterocycles. The first-order valence-electron chi connectivity index (χ1n) is 8.80. The third-order valence-electron chi connectivity index (χ3n) is 4.42. The van der Waals surface area contributed by atoms with Crippen LogP contribution in [0.2, 0.25) is 10.0 Å². The summed E-state index contributed by atoms with van der Waals surface area (Å²) >= 11 is 12.1. The SMILES string of the molecule is CCc1ccc2oc(-c3cccc(NC(=O)c4cccc(Cl)c4Cl)c3)nc2c1. The van der Waals surface area contributed by atoms with E-state index in [1.807, 2.05) is 36.4 Å². The van der Waals surface area contributed by atoms with Crippen LogP contribution in [-0.4, -0.2) is 10.9 Å². The summed E-state index contributed by atoms with van der Waals surface area (Å²) in [6.07, 6.45) is 0.936. The molecule has 0 aliphatic carbocycles. The number of amides is 1. The molecule has 0 radical (unpaired) electrons. The quantitative estimate of drug-likeness (QED) is 0.411. The van der Waals surface area contributed by atoms with Gasteiger partial charge in [0.1, 0.15) is 5.52 Å². The molecule has 4 aromatic rings. The largest absolute Gasteiger partial charge is 0.436 e. The van der Waals surface area contributed by atoms with Crippen molar-refractivity contribution in [2.75, 3.05) is 5.32 Å². The minimum absolute atomic E-state index is 0.225. The van der Waals surface area contributed by atoms with Crippen molar-refractivity contribution in [1.82, 2.24) is 4.98 Å². The van der Waals surface area contributed by atoms with Crippen molar-refractivity contribution in [3.05, 3.63) is 81.8 Å². The number of aromatic nitrogens is 1. The number of carbonyl (C=O) groups excluding carboxylic acids is 1. The molecule has 0 saturated heterocycles. The molecule has 0 spiro atoms. The predicted octanol–water partition coefficient (Wildman–Crippen LogP) is 6.62. The van der Waals surface area contributed by atoms with E-state index in [-0.39, 0.29) is 10.9 Å². The lowest BCUT2D eigenvalue weighted by atomic mass is 10.1. The summed E-state index contributed by atoms with van der Waals surface area (Å²) in [4.78, 5) is 17.1. The van der Waals surface area contributed by atoms with Gasteiger partial charge in [0.25, 0.3) is 5.91 Å². The summed E-state index contributed by atoms with van der Waals surface area (Å²) in [6.45, 7) is 2.10. The normalized spacial score (nSPS) is 11.0. The van der Waals surface area contributed by atoms with Gasteiger partial charge in [0, 0.05) is 11.3 Å². The van der Waals surface area contributed by atoms with Gasteiger partial charge in [-0.15, -0.1) is 0 Å². The summed E-state index contributed by atoms with van der Waals surface area (Å²) in [7, 11) is 0. The number of aryl methyl sites for hydroxylation is 1. The number of oxazole rings is 1. The molecule has 0 aliphatic rings. The Hall–Kier alpha value is -2.82. The highest BCUT2D eigenvalue weighted by atomic mass is 35.5. The average Bonchev–Trinajstić information content (AvgIpc) is 3.13. The summed E-state index contributed by atoms with van der Waals surface area (Å²) in [5.41, 5.74) is 4.43. The zero-order valence-corrected chi connectivity index (χ0v) is 16.5. The molecule has 0 fully saturated rings. The molecule has 0 bridgehead atoms. The van der Waals surface area contributed by atoms with Gasteiger partial charge in [-0.05, 0) is 54.4 Å². The van der Waals surface area contributed by atoms with Gasteiger partial charge < -0.3 is 9.73 Å². The monoisotopic (exact) mass is 410 g/mol. The van der Waals surface area contributed by atoms with Crippen molar-refractivity contribution in [2.45, 2.75) is 13.3 Å². The maximum atomic E-state index is 12.6. The highest BCUT2D eigenvalue weighted by molar-refractivity contribution is 6.44. The van der Waals surface area contributed by atoms with Crippen LogP contribution in [0.4, 0.5) is 5.69 Å². The van der Waals surface area contributed by atoms with Gasteiger partial charge in [0.15, 0.2) is 5.58 Å². The topological polar surface area (TPSA) is 55.1 Å². The number of hydrogen-bond acceptors (Lipinski definition) is 3. The molecule has 28 heavy (non-hydrogen) atoms. The second-order valence-electron chi connectivity index (χ2n) is 6.31. The van der Waals surface area contributed by atoms with Crippen LogP contribution in [0.25, 0.3) is 22.6 Å². The van der Waals surface area contributed by atoms with Gasteiger partial charge in [-0.3, -0.25) is 4.79 Å². The smallest absolute Gasteiger partial charge is 0.257 e. The zero-order valence-electron chi connectivity index (χ0n) is 15.0. The first-order chi connectivity index (χ1) is 13.5. The summed E-state index contributed by atoms with van der Waals surface area (Å²) in [5.74, 6) is 0.162. The van der Waals surface area contributed by atoms with Crippen LogP contribution in [0.1, 0.15) is 22.8 Å². The molecule has 0 unspecified atom stereocenters. The van der Waals surface area contributed by atoms with E-state index >= 15 is 0 Å². The van der Waals surface area contributed by atoms with Gasteiger partial charge in [0.05, 0.1) is 15.6 Å². The highest BCUT2D eigenvalue weighted by Gasteiger charge is 2.14. The Kier molecular flexibility index (Phi) is 5.07. The number of nitrogens with zero attached hydrogens (tertiary/aromatic N) is 1. The fourth-order valence-electron chi connectivity index (χ4n) is 2.92. The number of hydrogen-bond donors (Lipinski definition) is 1. The van der Waals surface area contributed by atoms with E-state index in [4.69, 9.17) is 27.6 Å². The lowest BCUT2D eigenvalue weighted by Gasteiger charge is -2.08. The summed E-state index contributed by atoms with van der Waals surface area (Å²) in [6, 6.07) is 18.2. The molecule has 4 rings (SSSR count). The van der Waals surface area contributed by atoms with Crippen LogP contribution >= 0.6 is 23.2 Å². The minimum atomic E-state index is -0.338. The Balaban J connectivity index is 1.63. The predicted molar refractivity (Wildman–Crippen MR) is 113 cm³/mol. The molecular formula is C22H16Cl2N2O2. The first-order valence-corrected chi connectivity index (χ1v) is 9.56. The number of rotatable bonds is 4. The van der Waals surface area contributed by atoms with Crippen LogP contribution in [0.15, 0.2) is 65.1 Å². The first kappa shape index (κ1) is 18.5. The van der Waals surface area contributed by atoms with Crippen molar-refractivity contribution in [1.29, 1.82) is 0 Å². The van der Waals surface area contributed by atoms with Crippen molar-refractivity contribution in [3.8, 4) is 11.5 Å². The van der Waals surface area contributed by atoms with E-state index in [1.54, 1.807) is 24.3 Å². The van der Waals surface area contributed by atoms with Crippen LogP contribution in [0.5, 0.6) is 0 Å². The van der Waals surface area contributed by atoms with Crippen molar-refractivity contribution in [3.63, 3.8) is 0 Å². The van der Waals surface area contributed by atoms with E-state index in [2.05, 4.69) is 17.2 Å². The van der Waals surface area contributed by atoms with E-state index in [0.717, 1.165) is 23.1 Å². The second-order valence-corrected chi connectivity index (χ2v) is 7.10. The minimum Gasteiger partial charge on any atom is -0.436 e. The maximum absolute atomic E-state index is 12.6. The lowest BCUT2D eigenvalue weighted by molar-refractivity contribution is 0.102. The molecule has 4 nitrogen and oxygen atoms in total. The Bertz CT molecular complexity index is 1180.